The molecule has 1 amide bonds. The predicted molar refractivity (Wildman–Crippen MR) is 93.0 cm³/mol. The molecule has 0 N–H and O–H groups in total. The zero-order valence-electron chi connectivity index (χ0n) is 13.2. The van der Waals surface area contributed by atoms with Gasteiger partial charge in [-0.1, -0.05) is 54.0 Å². The van der Waals surface area contributed by atoms with Gasteiger partial charge in [0.15, 0.2) is 0 Å². The first kappa shape index (κ1) is 15.3. The second kappa shape index (κ2) is 5.88. The number of amides is 1. The molecule has 0 radical (unpaired) electrons. The van der Waals surface area contributed by atoms with Crippen molar-refractivity contribution in [2.45, 2.75) is 39.8 Å². The molecule has 1 heterocycles. The lowest BCUT2D eigenvalue weighted by atomic mass is 10.0. The van der Waals surface area contributed by atoms with E-state index < -0.39 is 0 Å². The first-order chi connectivity index (χ1) is 10.5. The van der Waals surface area contributed by atoms with Gasteiger partial charge in [-0.15, -0.1) is 0 Å². The first-order valence-corrected chi connectivity index (χ1v) is 8.42. The van der Waals surface area contributed by atoms with Crippen LogP contribution in [0.4, 0.5) is 0 Å². The van der Waals surface area contributed by atoms with Gasteiger partial charge in [0, 0.05) is 23.1 Å². The van der Waals surface area contributed by atoms with E-state index in [1.807, 2.05) is 17.9 Å². The molecule has 2 nitrogen and oxygen atoms in total. The Labute approximate surface area is 140 Å². The number of carbonyl (C=O) groups is 1. The molecule has 3 heteroatoms. The number of fused-ring (bicyclic) bond motifs is 1. The summed E-state index contributed by atoms with van der Waals surface area (Å²) in [4.78, 5) is 14.5. The summed E-state index contributed by atoms with van der Waals surface area (Å²) in [5.41, 5.74) is 5.56. The van der Waals surface area contributed by atoms with E-state index in [1.165, 1.54) is 11.1 Å². The molecule has 0 spiro atoms. The van der Waals surface area contributed by atoms with Gasteiger partial charge in [0.25, 0.3) is 5.91 Å². The highest BCUT2D eigenvalue weighted by Gasteiger charge is 2.29. The van der Waals surface area contributed by atoms with Crippen molar-refractivity contribution in [3.05, 3.63) is 68.7 Å². The Bertz CT molecular complexity index is 719. The number of hydrogen-bond acceptors (Lipinski definition) is 1. The second-order valence-corrected chi connectivity index (χ2v) is 7.23. The highest BCUT2D eigenvalue weighted by molar-refractivity contribution is 9.10. The molecule has 0 bridgehead atoms. The molecule has 0 unspecified atom stereocenters. The van der Waals surface area contributed by atoms with Gasteiger partial charge in [0.2, 0.25) is 0 Å². The number of nitrogens with zero attached hydrogens (tertiary/aromatic N) is 1. The maximum atomic E-state index is 12.6. The summed E-state index contributed by atoms with van der Waals surface area (Å²) in [6.07, 6.45) is 0. The van der Waals surface area contributed by atoms with E-state index in [9.17, 15) is 4.79 Å². The van der Waals surface area contributed by atoms with E-state index in [4.69, 9.17) is 0 Å². The normalized spacial score (nSPS) is 13.9. The highest BCUT2D eigenvalue weighted by Crippen LogP contribution is 2.30. The number of aryl methyl sites for hydroxylation is 1. The SMILES string of the molecule is Cc1cc(Br)cc2c1C(=O)N(Cc1ccc(C(C)C)cc1)C2. The van der Waals surface area contributed by atoms with E-state index in [1.54, 1.807) is 0 Å². The average Bonchev–Trinajstić information content (AvgIpc) is 2.75. The predicted octanol–water partition coefficient (Wildman–Crippen LogP) is 5.04. The van der Waals surface area contributed by atoms with E-state index in [0.717, 1.165) is 21.2 Å². The molecule has 1 aliphatic rings. The zero-order valence-corrected chi connectivity index (χ0v) is 14.8. The van der Waals surface area contributed by atoms with Crippen LogP contribution in [0.5, 0.6) is 0 Å². The Hall–Kier alpha value is -1.61. The Morgan fingerprint density at radius 3 is 2.50 bits per heavy atom. The first-order valence-electron chi connectivity index (χ1n) is 7.63. The largest absolute Gasteiger partial charge is 0.330 e. The van der Waals surface area contributed by atoms with Crippen LogP contribution in [0.25, 0.3) is 0 Å². The monoisotopic (exact) mass is 357 g/mol. The van der Waals surface area contributed by atoms with Crippen LogP contribution in [-0.2, 0) is 13.1 Å². The van der Waals surface area contributed by atoms with Crippen LogP contribution in [0.1, 0.15) is 52.4 Å². The summed E-state index contributed by atoms with van der Waals surface area (Å²) in [7, 11) is 0. The molecule has 0 saturated heterocycles. The minimum absolute atomic E-state index is 0.146. The number of rotatable bonds is 3. The quantitative estimate of drug-likeness (QED) is 0.753. The van der Waals surface area contributed by atoms with Gasteiger partial charge in [-0.05, 0) is 47.2 Å². The van der Waals surface area contributed by atoms with Crippen LogP contribution in [-0.4, -0.2) is 10.8 Å². The van der Waals surface area contributed by atoms with Crippen molar-refractivity contribution in [1.29, 1.82) is 0 Å². The summed E-state index contributed by atoms with van der Waals surface area (Å²) >= 11 is 3.51. The lowest BCUT2D eigenvalue weighted by molar-refractivity contribution is 0.0766. The maximum Gasteiger partial charge on any atom is 0.255 e. The smallest absolute Gasteiger partial charge is 0.255 e. The Morgan fingerprint density at radius 2 is 1.86 bits per heavy atom. The maximum absolute atomic E-state index is 12.6. The van der Waals surface area contributed by atoms with Crippen LogP contribution in [0.15, 0.2) is 40.9 Å². The Kier molecular flexibility index (Phi) is 4.09. The van der Waals surface area contributed by atoms with Gasteiger partial charge in [-0.2, -0.15) is 0 Å². The van der Waals surface area contributed by atoms with Crippen molar-refractivity contribution in [2.24, 2.45) is 0 Å². The molecule has 22 heavy (non-hydrogen) atoms. The Morgan fingerprint density at radius 1 is 1.18 bits per heavy atom. The molecule has 1 aliphatic heterocycles. The van der Waals surface area contributed by atoms with Gasteiger partial charge >= 0.3 is 0 Å². The van der Waals surface area contributed by atoms with Gasteiger partial charge in [0.1, 0.15) is 0 Å². The van der Waals surface area contributed by atoms with Crippen molar-refractivity contribution in [2.75, 3.05) is 0 Å². The van der Waals surface area contributed by atoms with Crippen LogP contribution in [0.2, 0.25) is 0 Å². The fraction of sp³-hybridized carbons (Fsp3) is 0.316. The summed E-state index contributed by atoms with van der Waals surface area (Å²) < 4.78 is 1.04. The number of carbonyl (C=O) groups excluding carboxylic acids is 1. The van der Waals surface area contributed by atoms with Crippen LogP contribution in [0.3, 0.4) is 0 Å². The third-order valence-electron chi connectivity index (χ3n) is 4.26. The molecule has 0 saturated carbocycles. The van der Waals surface area contributed by atoms with E-state index in [2.05, 4.69) is 60.1 Å². The van der Waals surface area contributed by atoms with Crippen molar-refractivity contribution >= 4 is 21.8 Å². The number of halogens is 1. The van der Waals surface area contributed by atoms with Gasteiger partial charge in [0.05, 0.1) is 0 Å². The van der Waals surface area contributed by atoms with Crippen LogP contribution in [0, 0.1) is 6.92 Å². The third-order valence-corrected chi connectivity index (χ3v) is 4.72. The van der Waals surface area contributed by atoms with Crippen molar-refractivity contribution in [3.8, 4) is 0 Å². The van der Waals surface area contributed by atoms with E-state index in [-0.39, 0.29) is 5.91 Å². The summed E-state index contributed by atoms with van der Waals surface area (Å²) in [5.74, 6) is 0.680. The van der Waals surface area contributed by atoms with Crippen molar-refractivity contribution < 1.29 is 4.79 Å². The van der Waals surface area contributed by atoms with Gasteiger partial charge in [-0.25, -0.2) is 0 Å². The Balaban J connectivity index is 1.80. The van der Waals surface area contributed by atoms with Crippen molar-refractivity contribution in [1.82, 2.24) is 4.90 Å². The zero-order chi connectivity index (χ0) is 15.9. The lowest BCUT2D eigenvalue weighted by Gasteiger charge is -2.16. The molecule has 2 aromatic carbocycles. The third kappa shape index (κ3) is 2.82. The molecule has 0 aliphatic carbocycles. The van der Waals surface area contributed by atoms with Gasteiger partial charge in [-0.3, -0.25) is 4.79 Å². The summed E-state index contributed by atoms with van der Waals surface area (Å²) in [5, 5.41) is 0. The van der Waals surface area contributed by atoms with Crippen LogP contribution >= 0.6 is 15.9 Å². The minimum Gasteiger partial charge on any atom is -0.330 e. The van der Waals surface area contributed by atoms with E-state index in [0.29, 0.717) is 19.0 Å². The summed E-state index contributed by atoms with van der Waals surface area (Å²) in [6.45, 7) is 7.75. The fourth-order valence-electron chi connectivity index (χ4n) is 3.03. The fourth-order valence-corrected chi connectivity index (χ4v) is 3.65. The van der Waals surface area contributed by atoms with E-state index >= 15 is 0 Å². The molecular formula is C19H20BrNO. The van der Waals surface area contributed by atoms with Gasteiger partial charge < -0.3 is 4.90 Å². The molecule has 114 valence electrons. The molecule has 0 atom stereocenters. The molecule has 0 fully saturated rings. The molecule has 0 aromatic heterocycles. The van der Waals surface area contributed by atoms with Crippen LogP contribution < -0.4 is 0 Å². The molecular weight excluding hydrogens is 338 g/mol. The number of benzene rings is 2. The van der Waals surface area contributed by atoms with Crippen molar-refractivity contribution in [3.63, 3.8) is 0 Å². The number of hydrogen-bond donors (Lipinski definition) is 0. The molecule has 2 aromatic rings. The second-order valence-electron chi connectivity index (χ2n) is 6.31. The molecule has 3 rings (SSSR count). The average molecular weight is 358 g/mol. The topological polar surface area (TPSA) is 20.3 Å². The minimum atomic E-state index is 0.146. The standard InChI is InChI=1S/C19H20BrNO/c1-12(2)15-6-4-14(5-7-15)10-21-11-16-9-17(20)8-13(3)18(16)19(21)22/h4-9,12H,10-11H2,1-3H3. The summed E-state index contributed by atoms with van der Waals surface area (Å²) in [6, 6.07) is 12.7. The highest BCUT2D eigenvalue weighted by atomic mass is 79.9. The lowest BCUT2D eigenvalue weighted by Crippen LogP contribution is -2.23.